The third kappa shape index (κ3) is 2.05. The van der Waals surface area contributed by atoms with Gasteiger partial charge in [0.2, 0.25) is 0 Å². The Bertz CT molecular complexity index is 703. The Kier molecular flexibility index (Phi) is 3.28. The molecule has 0 saturated carbocycles. The summed E-state index contributed by atoms with van der Waals surface area (Å²) < 4.78 is 5.79. The zero-order valence-corrected chi connectivity index (χ0v) is 10.3. The molecule has 1 heterocycles. The molecule has 0 amide bonds. The highest BCUT2D eigenvalue weighted by Crippen LogP contribution is 2.21. The second-order valence-electron chi connectivity index (χ2n) is 3.99. The van der Waals surface area contributed by atoms with Crippen LogP contribution in [0.2, 0.25) is 0 Å². The summed E-state index contributed by atoms with van der Waals surface area (Å²) in [5.41, 5.74) is 2.25. The van der Waals surface area contributed by atoms with Crippen molar-refractivity contribution in [3.8, 4) is 0 Å². The maximum atomic E-state index is 12.0. The van der Waals surface area contributed by atoms with Crippen LogP contribution in [-0.2, 0) is 0 Å². The summed E-state index contributed by atoms with van der Waals surface area (Å²) in [6.45, 7) is 9.26. The van der Waals surface area contributed by atoms with Gasteiger partial charge in [-0.15, -0.1) is 0 Å². The molecular formula is C16H14O2. The van der Waals surface area contributed by atoms with Crippen molar-refractivity contribution in [3.63, 3.8) is 0 Å². The van der Waals surface area contributed by atoms with Crippen molar-refractivity contribution in [1.29, 1.82) is 0 Å². The van der Waals surface area contributed by atoms with Crippen LogP contribution in [0.15, 0.2) is 64.9 Å². The van der Waals surface area contributed by atoms with Gasteiger partial charge in [0, 0.05) is 11.6 Å². The summed E-state index contributed by atoms with van der Waals surface area (Å²) in [4.78, 5) is 12.0. The summed E-state index contributed by atoms with van der Waals surface area (Å²) in [5.74, 6) is 0.511. The average Bonchev–Trinajstić information content (AvgIpc) is 2.37. The molecule has 0 aliphatic carbocycles. The van der Waals surface area contributed by atoms with E-state index in [1.807, 2.05) is 19.1 Å². The van der Waals surface area contributed by atoms with E-state index in [2.05, 4.69) is 13.2 Å². The molecule has 0 aliphatic rings. The lowest BCUT2D eigenvalue weighted by atomic mass is 10.1. The van der Waals surface area contributed by atoms with Gasteiger partial charge in [0.25, 0.3) is 0 Å². The SMILES string of the molecule is C=C/C=C(\C=C)c1cc(=O)c2cccc(C)c2o1. The van der Waals surface area contributed by atoms with Gasteiger partial charge in [-0.25, -0.2) is 0 Å². The molecule has 0 aliphatic heterocycles. The van der Waals surface area contributed by atoms with Crippen molar-refractivity contribution in [1.82, 2.24) is 0 Å². The van der Waals surface area contributed by atoms with Crippen LogP contribution in [-0.4, -0.2) is 0 Å². The van der Waals surface area contributed by atoms with Gasteiger partial charge in [-0.3, -0.25) is 4.79 Å². The first-order valence-corrected chi connectivity index (χ1v) is 5.66. The molecule has 2 heteroatoms. The second kappa shape index (κ2) is 4.88. The van der Waals surface area contributed by atoms with Gasteiger partial charge in [0.15, 0.2) is 5.43 Å². The highest BCUT2D eigenvalue weighted by atomic mass is 16.3. The zero-order valence-electron chi connectivity index (χ0n) is 10.3. The summed E-state index contributed by atoms with van der Waals surface area (Å²) in [7, 11) is 0. The van der Waals surface area contributed by atoms with E-state index in [1.54, 1.807) is 24.3 Å². The number of para-hydroxylation sites is 1. The lowest BCUT2D eigenvalue weighted by molar-refractivity contribution is 0.585. The standard InChI is InChI=1S/C16H14O2/c1-4-7-12(5-2)15-10-14(17)13-9-6-8-11(3)16(13)18-15/h4-10H,1-2H2,3H3/b12-7+. The Hall–Kier alpha value is -2.35. The largest absolute Gasteiger partial charge is 0.456 e. The maximum Gasteiger partial charge on any atom is 0.193 e. The van der Waals surface area contributed by atoms with Crippen molar-refractivity contribution in [2.75, 3.05) is 0 Å². The predicted octanol–water partition coefficient (Wildman–Crippen LogP) is 3.86. The topological polar surface area (TPSA) is 30.2 Å². The molecule has 90 valence electrons. The number of rotatable bonds is 3. The lowest BCUT2D eigenvalue weighted by Crippen LogP contribution is -2.02. The molecule has 0 bridgehead atoms. The number of aryl methyl sites for hydroxylation is 1. The summed E-state index contributed by atoms with van der Waals surface area (Å²) in [5, 5.41) is 0.598. The predicted molar refractivity (Wildman–Crippen MR) is 75.6 cm³/mol. The molecule has 2 aromatic rings. The van der Waals surface area contributed by atoms with Crippen LogP contribution < -0.4 is 5.43 Å². The van der Waals surface area contributed by atoms with Crippen LogP contribution in [0.4, 0.5) is 0 Å². The zero-order chi connectivity index (χ0) is 13.1. The van der Waals surface area contributed by atoms with Gasteiger partial charge in [-0.2, -0.15) is 0 Å². The number of hydrogen-bond acceptors (Lipinski definition) is 2. The Morgan fingerprint density at radius 3 is 2.78 bits per heavy atom. The number of benzene rings is 1. The van der Waals surface area contributed by atoms with E-state index in [9.17, 15) is 4.79 Å². The van der Waals surface area contributed by atoms with E-state index in [0.717, 1.165) is 11.1 Å². The molecule has 0 atom stereocenters. The molecule has 0 spiro atoms. The second-order valence-corrected chi connectivity index (χ2v) is 3.99. The molecule has 1 aromatic heterocycles. The van der Waals surface area contributed by atoms with E-state index in [4.69, 9.17) is 4.42 Å². The molecule has 1 aromatic carbocycles. The summed E-state index contributed by atoms with van der Waals surface area (Å²) in [6.07, 6.45) is 5.04. The molecule has 0 radical (unpaired) electrons. The first-order valence-electron chi connectivity index (χ1n) is 5.66. The van der Waals surface area contributed by atoms with E-state index < -0.39 is 0 Å². The highest BCUT2D eigenvalue weighted by molar-refractivity contribution is 5.82. The van der Waals surface area contributed by atoms with Crippen LogP contribution in [0.25, 0.3) is 16.5 Å². The number of hydrogen-bond donors (Lipinski definition) is 0. The molecule has 0 unspecified atom stereocenters. The number of fused-ring (bicyclic) bond motifs is 1. The van der Waals surface area contributed by atoms with E-state index >= 15 is 0 Å². The van der Waals surface area contributed by atoms with Crippen molar-refractivity contribution in [2.45, 2.75) is 6.92 Å². The lowest BCUT2D eigenvalue weighted by Gasteiger charge is -2.05. The number of allylic oxidation sites excluding steroid dienone is 4. The van der Waals surface area contributed by atoms with Crippen molar-refractivity contribution >= 4 is 16.5 Å². The van der Waals surface area contributed by atoms with E-state index in [1.165, 1.54) is 6.07 Å². The highest BCUT2D eigenvalue weighted by Gasteiger charge is 2.08. The van der Waals surface area contributed by atoms with Gasteiger partial charge in [0.1, 0.15) is 11.3 Å². The molecule has 0 saturated heterocycles. The van der Waals surface area contributed by atoms with Crippen molar-refractivity contribution in [2.24, 2.45) is 0 Å². The van der Waals surface area contributed by atoms with Crippen molar-refractivity contribution in [3.05, 3.63) is 77.2 Å². The minimum atomic E-state index is -0.0493. The molecular weight excluding hydrogens is 224 g/mol. The van der Waals surface area contributed by atoms with Crippen molar-refractivity contribution < 1.29 is 4.42 Å². The van der Waals surface area contributed by atoms with E-state index in [0.29, 0.717) is 16.7 Å². The third-order valence-corrected chi connectivity index (χ3v) is 2.75. The first kappa shape index (κ1) is 12.1. The van der Waals surface area contributed by atoms with Gasteiger partial charge >= 0.3 is 0 Å². The van der Waals surface area contributed by atoms with Crippen LogP contribution in [0.3, 0.4) is 0 Å². The van der Waals surface area contributed by atoms with Gasteiger partial charge in [-0.05, 0) is 18.6 Å². The minimum absolute atomic E-state index is 0.0493. The van der Waals surface area contributed by atoms with Crippen LogP contribution in [0.1, 0.15) is 11.3 Å². The molecule has 18 heavy (non-hydrogen) atoms. The molecule has 2 rings (SSSR count). The van der Waals surface area contributed by atoms with Crippen LogP contribution >= 0.6 is 0 Å². The van der Waals surface area contributed by atoms with E-state index in [-0.39, 0.29) is 5.43 Å². The third-order valence-electron chi connectivity index (χ3n) is 2.75. The fourth-order valence-corrected chi connectivity index (χ4v) is 1.84. The molecule has 2 nitrogen and oxygen atoms in total. The Morgan fingerprint density at radius 2 is 2.11 bits per heavy atom. The quantitative estimate of drug-likeness (QED) is 0.760. The smallest absolute Gasteiger partial charge is 0.193 e. The molecule has 0 N–H and O–H groups in total. The average molecular weight is 238 g/mol. The normalized spacial score (nSPS) is 11.5. The Labute approximate surface area is 106 Å². The Balaban J connectivity index is 2.80. The maximum absolute atomic E-state index is 12.0. The van der Waals surface area contributed by atoms with Crippen LogP contribution in [0, 0.1) is 6.92 Å². The Morgan fingerprint density at radius 1 is 1.33 bits per heavy atom. The van der Waals surface area contributed by atoms with Crippen LogP contribution in [0.5, 0.6) is 0 Å². The summed E-state index contributed by atoms with van der Waals surface area (Å²) >= 11 is 0. The minimum Gasteiger partial charge on any atom is -0.456 e. The monoisotopic (exact) mass is 238 g/mol. The summed E-state index contributed by atoms with van der Waals surface area (Å²) in [6, 6.07) is 7.02. The fraction of sp³-hybridized carbons (Fsp3) is 0.0625. The van der Waals surface area contributed by atoms with Gasteiger partial charge < -0.3 is 4.42 Å². The van der Waals surface area contributed by atoms with Gasteiger partial charge in [-0.1, -0.05) is 43.5 Å². The van der Waals surface area contributed by atoms with Gasteiger partial charge in [0.05, 0.1) is 5.39 Å². The first-order chi connectivity index (χ1) is 8.67. The fourth-order valence-electron chi connectivity index (χ4n) is 1.84. The molecule has 0 fully saturated rings.